The highest BCUT2D eigenvalue weighted by molar-refractivity contribution is 4.88. The van der Waals surface area contributed by atoms with Crippen LogP contribution in [0.15, 0.2) is 43.2 Å². The Morgan fingerprint density at radius 3 is 1.55 bits per heavy atom. The second kappa shape index (κ2) is 16.0. The van der Waals surface area contributed by atoms with Crippen molar-refractivity contribution in [3.63, 3.8) is 0 Å². The summed E-state index contributed by atoms with van der Waals surface area (Å²) >= 11 is 0. The predicted octanol–water partition coefficient (Wildman–Crippen LogP) is 3.30. The molecule has 0 aliphatic heterocycles. The molecule has 1 aromatic heterocycles. The van der Waals surface area contributed by atoms with Crippen molar-refractivity contribution >= 4 is 0 Å². The Bertz CT molecular complexity index is 108. The molecule has 0 atom stereocenters. The van der Waals surface area contributed by atoms with Crippen molar-refractivity contribution in [3.8, 4) is 0 Å². The molecule has 1 heteroatoms. The first-order valence-electron chi connectivity index (χ1n) is 3.84. The molecule has 0 spiro atoms. The summed E-state index contributed by atoms with van der Waals surface area (Å²) in [5.74, 6) is 0. The SMILES string of the molecule is C=CC.CC.c1ccncc1. The summed E-state index contributed by atoms with van der Waals surface area (Å²) in [5, 5.41) is 0. The van der Waals surface area contributed by atoms with E-state index in [2.05, 4.69) is 11.6 Å². The van der Waals surface area contributed by atoms with E-state index in [0.717, 1.165) is 0 Å². The highest BCUT2D eigenvalue weighted by atomic mass is 14.6. The molecule has 0 radical (unpaired) electrons. The van der Waals surface area contributed by atoms with Gasteiger partial charge < -0.3 is 0 Å². The molecular weight excluding hydrogens is 134 g/mol. The molecule has 0 aliphatic rings. The normalized spacial score (nSPS) is 6.09. The van der Waals surface area contributed by atoms with Crippen LogP contribution < -0.4 is 0 Å². The molecule has 0 N–H and O–H groups in total. The monoisotopic (exact) mass is 151 g/mol. The third-order valence-electron chi connectivity index (χ3n) is 0.566. The van der Waals surface area contributed by atoms with Crippen LogP contribution in [0.4, 0.5) is 0 Å². The third kappa shape index (κ3) is 17.6. The van der Waals surface area contributed by atoms with E-state index < -0.39 is 0 Å². The Kier molecular flexibility index (Phi) is 18.2. The van der Waals surface area contributed by atoms with Crippen LogP contribution in [0.5, 0.6) is 0 Å². The minimum atomic E-state index is 1.75. The molecule has 1 nitrogen and oxygen atoms in total. The zero-order valence-electron chi connectivity index (χ0n) is 7.62. The van der Waals surface area contributed by atoms with Crippen LogP contribution in [0, 0.1) is 0 Å². The lowest BCUT2D eigenvalue weighted by molar-refractivity contribution is 1.33. The van der Waals surface area contributed by atoms with Gasteiger partial charge in [0.05, 0.1) is 0 Å². The predicted molar refractivity (Wildman–Crippen MR) is 51.5 cm³/mol. The van der Waals surface area contributed by atoms with Crippen molar-refractivity contribution in [2.24, 2.45) is 0 Å². The molecule has 0 fully saturated rings. The molecule has 0 aliphatic carbocycles. The number of hydrogen-bond acceptors (Lipinski definition) is 1. The average Bonchev–Trinajstić information content (AvgIpc) is 2.12. The van der Waals surface area contributed by atoms with E-state index in [-0.39, 0.29) is 0 Å². The summed E-state index contributed by atoms with van der Waals surface area (Å²) in [7, 11) is 0. The zero-order chi connectivity index (χ0) is 8.95. The van der Waals surface area contributed by atoms with Crippen molar-refractivity contribution in [2.45, 2.75) is 20.8 Å². The number of hydrogen-bond donors (Lipinski definition) is 0. The van der Waals surface area contributed by atoms with E-state index in [1.165, 1.54) is 0 Å². The minimum absolute atomic E-state index is 1.75. The molecule has 11 heavy (non-hydrogen) atoms. The van der Waals surface area contributed by atoms with Gasteiger partial charge in [0.15, 0.2) is 0 Å². The molecule has 0 amide bonds. The second-order valence-corrected chi connectivity index (χ2v) is 1.43. The molecule has 0 unspecified atom stereocenters. The van der Waals surface area contributed by atoms with Crippen LogP contribution in [-0.4, -0.2) is 4.98 Å². The van der Waals surface area contributed by atoms with E-state index in [0.29, 0.717) is 0 Å². The molecule has 1 aromatic rings. The first-order valence-corrected chi connectivity index (χ1v) is 3.84. The quantitative estimate of drug-likeness (QED) is 0.518. The van der Waals surface area contributed by atoms with E-state index in [4.69, 9.17) is 0 Å². The van der Waals surface area contributed by atoms with E-state index in [9.17, 15) is 0 Å². The van der Waals surface area contributed by atoms with Crippen molar-refractivity contribution < 1.29 is 0 Å². The molecule has 1 heterocycles. The van der Waals surface area contributed by atoms with Crippen LogP contribution >= 0.6 is 0 Å². The third-order valence-corrected chi connectivity index (χ3v) is 0.566. The van der Waals surface area contributed by atoms with Gasteiger partial charge in [-0.15, -0.1) is 6.58 Å². The molecule has 0 saturated carbocycles. The van der Waals surface area contributed by atoms with Crippen LogP contribution in [0.2, 0.25) is 0 Å². The lowest BCUT2D eigenvalue weighted by atomic mass is 10.5. The number of rotatable bonds is 0. The standard InChI is InChI=1S/C5H5N.C3H6.C2H6/c1-2-4-6-5-3-1;1-3-2;1-2/h1-5H;3H,1H2,2H3;1-2H3. The summed E-state index contributed by atoms with van der Waals surface area (Å²) in [6.07, 6.45) is 5.25. The van der Waals surface area contributed by atoms with Crippen LogP contribution in [-0.2, 0) is 0 Å². The van der Waals surface area contributed by atoms with Gasteiger partial charge in [0.2, 0.25) is 0 Å². The van der Waals surface area contributed by atoms with Gasteiger partial charge in [0, 0.05) is 12.4 Å². The van der Waals surface area contributed by atoms with Crippen LogP contribution in [0.25, 0.3) is 0 Å². The summed E-state index contributed by atoms with van der Waals surface area (Å²) in [4.78, 5) is 3.78. The molecule has 1 rings (SSSR count). The largest absolute Gasteiger partial charge is 0.265 e. The number of aromatic nitrogens is 1. The maximum atomic E-state index is 3.78. The smallest absolute Gasteiger partial charge is 0.0267 e. The first-order chi connectivity index (χ1) is 5.41. The van der Waals surface area contributed by atoms with Gasteiger partial charge in [-0.25, -0.2) is 0 Å². The minimum Gasteiger partial charge on any atom is -0.265 e. The molecule has 0 saturated heterocycles. The number of pyridine rings is 1. The number of nitrogens with zero attached hydrogens (tertiary/aromatic N) is 1. The number of allylic oxidation sites excluding steroid dienone is 1. The topological polar surface area (TPSA) is 12.9 Å². The van der Waals surface area contributed by atoms with Crippen molar-refractivity contribution in [1.82, 2.24) is 4.98 Å². The van der Waals surface area contributed by atoms with Gasteiger partial charge in [0.25, 0.3) is 0 Å². The van der Waals surface area contributed by atoms with Crippen molar-refractivity contribution in [1.29, 1.82) is 0 Å². The summed E-state index contributed by atoms with van der Waals surface area (Å²) in [5.41, 5.74) is 0. The lowest BCUT2D eigenvalue weighted by Crippen LogP contribution is -1.58. The van der Waals surface area contributed by atoms with E-state index in [1.54, 1.807) is 18.5 Å². The van der Waals surface area contributed by atoms with Gasteiger partial charge in [-0.05, 0) is 19.1 Å². The van der Waals surface area contributed by atoms with Crippen molar-refractivity contribution in [3.05, 3.63) is 43.2 Å². The maximum Gasteiger partial charge on any atom is 0.0267 e. The first kappa shape index (κ1) is 12.6. The fourth-order valence-corrected chi connectivity index (χ4v) is 0.313. The molecule has 62 valence electrons. The van der Waals surface area contributed by atoms with Gasteiger partial charge in [-0.2, -0.15) is 0 Å². The highest BCUT2D eigenvalue weighted by Crippen LogP contribution is 1.73. The average molecular weight is 151 g/mol. The van der Waals surface area contributed by atoms with Crippen LogP contribution in [0.3, 0.4) is 0 Å². The van der Waals surface area contributed by atoms with Crippen molar-refractivity contribution in [2.75, 3.05) is 0 Å². The summed E-state index contributed by atoms with van der Waals surface area (Å²) in [6.45, 7) is 9.25. The molecule has 0 bridgehead atoms. The van der Waals surface area contributed by atoms with Gasteiger partial charge in [-0.3, -0.25) is 4.98 Å². The Morgan fingerprint density at radius 1 is 1.09 bits per heavy atom. The van der Waals surface area contributed by atoms with Crippen LogP contribution in [0.1, 0.15) is 20.8 Å². The lowest BCUT2D eigenvalue weighted by Gasteiger charge is -1.70. The summed E-state index contributed by atoms with van der Waals surface area (Å²) in [6, 6.07) is 5.72. The molecular formula is C10H17N. The fourth-order valence-electron chi connectivity index (χ4n) is 0.313. The second-order valence-electron chi connectivity index (χ2n) is 1.43. The van der Waals surface area contributed by atoms with E-state index in [1.807, 2.05) is 39.0 Å². The Balaban J connectivity index is 0. The Labute approximate surface area is 69.8 Å². The Morgan fingerprint density at radius 2 is 1.45 bits per heavy atom. The summed E-state index contributed by atoms with van der Waals surface area (Å²) < 4.78 is 0. The highest BCUT2D eigenvalue weighted by Gasteiger charge is 1.58. The van der Waals surface area contributed by atoms with Gasteiger partial charge in [-0.1, -0.05) is 26.0 Å². The maximum absolute atomic E-state index is 3.78. The fraction of sp³-hybridized carbons (Fsp3) is 0.300. The van der Waals surface area contributed by atoms with E-state index >= 15 is 0 Å². The zero-order valence-corrected chi connectivity index (χ0v) is 7.62. The Hall–Kier alpha value is -1.11. The van der Waals surface area contributed by atoms with Gasteiger partial charge in [0.1, 0.15) is 0 Å². The van der Waals surface area contributed by atoms with Gasteiger partial charge >= 0.3 is 0 Å². The molecule has 0 aromatic carbocycles.